The van der Waals surface area contributed by atoms with Crippen molar-refractivity contribution >= 4 is 21.7 Å². The minimum absolute atomic E-state index is 0.00347. The molecule has 0 unspecified atom stereocenters. The smallest absolute Gasteiger partial charge is 0.379 e. The van der Waals surface area contributed by atoms with Crippen LogP contribution in [0, 0.1) is 5.92 Å². The molecular formula is C28H35F3N2O5S. The maximum Gasteiger partial charge on any atom is 0.416 e. The first kappa shape index (κ1) is 29.2. The molecule has 2 fully saturated rings. The maximum atomic E-state index is 13.3. The first-order chi connectivity index (χ1) is 18.5. The van der Waals surface area contributed by atoms with E-state index in [1.165, 1.54) is 0 Å². The lowest BCUT2D eigenvalue weighted by atomic mass is 9.84. The lowest BCUT2D eigenvalue weighted by molar-refractivity contribution is -0.140. The quantitative estimate of drug-likeness (QED) is 0.327. The third-order valence-corrected chi connectivity index (χ3v) is 8.63. The Morgan fingerprint density at radius 1 is 1.05 bits per heavy atom. The number of hydrogen-bond acceptors (Lipinski definition) is 6. The highest BCUT2D eigenvalue weighted by molar-refractivity contribution is 7.87. The van der Waals surface area contributed by atoms with Gasteiger partial charge in [-0.05, 0) is 63.8 Å². The molecule has 2 aromatic rings. The number of amides is 1. The number of halogens is 3. The minimum atomic E-state index is -4.70. The second kappa shape index (κ2) is 12.2. The standard InChI is InChI=1S/C28H35F3N2O5S/c1-3-32(4-2)23-14-13-21(18-33(19-24-11-7-15-37-24)27(34)20-8-5-9-20)26(17-23)38-39(35,36)25-12-6-10-22(16-25)28(29,30)31/h6,10,12-14,16-17,20,24H,3-5,7-9,11,15,18-19H2,1-2H3/t24-/m1/s1. The van der Waals surface area contributed by atoms with Gasteiger partial charge in [-0.3, -0.25) is 4.79 Å². The summed E-state index contributed by atoms with van der Waals surface area (Å²) in [6.07, 6.45) is -0.427. The van der Waals surface area contributed by atoms with Crippen molar-refractivity contribution in [1.29, 1.82) is 0 Å². The second-order valence-corrected chi connectivity index (χ2v) is 11.6. The highest BCUT2D eigenvalue weighted by atomic mass is 32.2. The Balaban J connectivity index is 1.69. The summed E-state index contributed by atoms with van der Waals surface area (Å²) in [7, 11) is -4.61. The van der Waals surface area contributed by atoms with Crippen molar-refractivity contribution in [2.24, 2.45) is 5.92 Å². The fourth-order valence-electron chi connectivity index (χ4n) is 4.92. The Hall–Kier alpha value is -2.79. The molecule has 0 aromatic heterocycles. The van der Waals surface area contributed by atoms with Crippen LogP contribution in [-0.4, -0.2) is 51.6 Å². The number of hydrogen-bond donors (Lipinski definition) is 0. The van der Waals surface area contributed by atoms with Crippen molar-refractivity contribution in [2.45, 2.75) is 69.7 Å². The Morgan fingerprint density at radius 3 is 2.38 bits per heavy atom. The number of carbonyl (C=O) groups excluding carboxylic acids is 1. The van der Waals surface area contributed by atoms with E-state index in [1.54, 1.807) is 17.0 Å². The highest BCUT2D eigenvalue weighted by Gasteiger charge is 2.34. The third-order valence-electron chi connectivity index (χ3n) is 7.40. The Morgan fingerprint density at radius 2 is 1.79 bits per heavy atom. The molecule has 1 saturated heterocycles. The minimum Gasteiger partial charge on any atom is -0.379 e. The molecule has 0 spiro atoms. The molecule has 0 radical (unpaired) electrons. The summed E-state index contributed by atoms with van der Waals surface area (Å²) < 4.78 is 77.5. The number of ether oxygens (including phenoxy) is 1. The molecule has 1 aliphatic carbocycles. The van der Waals surface area contributed by atoms with Gasteiger partial charge in [-0.15, -0.1) is 0 Å². The number of benzene rings is 2. The lowest BCUT2D eigenvalue weighted by Gasteiger charge is -2.33. The Labute approximate surface area is 228 Å². The second-order valence-electron chi connectivity index (χ2n) is 10.0. The van der Waals surface area contributed by atoms with E-state index < -0.39 is 26.8 Å². The molecule has 4 rings (SSSR count). The van der Waals surface area contributed by atoms with Gasteiger partial charge in [-0.2, -0.15) is 21.6 Å². The fourth-order valence-corrected chi connectivity index (χ4v) is 5.92. The molecular weight excluding hydrogens is 533 g/mol. The number of alkyl halides is 3. The van der Waals surface area contributed by atoms with Crippen LogP contribution in [0.5, 0.6) is 5.75 Å². The average molecular weight is 569 g/mol. The lowest BCUT2D eigenvalue weighted by Crippen LogP contribution is -2.42. The molecule has 1 amide bonds. The number of rotatable bonds is 11. The van der Waals surface area contributed by atoms with Gasteiger partial charge in [0.2, 0.25) is 5.91 Å². The third kappa shape index (κ3) is 7.05. The Kier molecular flexibility index (Phi) is 9.10. The van der Waals surface area contributed by atoms with Gasteiger partial charge >= 0.3 is 16.3 Å². The van der Waals surface area contributed by atoms with E-state index in [4.69, 9.17) is 8.92 Å². The van der Waals surface area contributed by atoms with Crippen LogP contribution in [0.4, 0.5) is 18.9 Å². The SMILES string of the molecule is CCN(CC)c1ccc(CN(C[C@H]2CCCO2)C(=O)C2CCC2)c(OS(=O)(=O)c2cccc(C(F)(F)F)c2)c1. The van der Waals surface area contributed by atoms with Crippen LogP contribution in [0.3, 0.4) is 0 Å². The summed E-state index contributed by atoms with van der Waals surface area (Å²) in [4.78, 5) is 16.4. The van der Waals surface area contributed by atoms with E-state index in [-0.39, 0.29) is 30.2 Å². The van der Waals surface area contributed by atoms with E-state index in [0.29, 0.717) is 43.6 Å². The molecule has 0 N–H and O–H groups in total. The van der Waals surface area contributed by atoms with Crippen molar-refractivity contribution in [1.82, 2.24) is 4.90 Å². The van der Waals surface area contributed by atoms with E-state index in [1.807, 2.05) is 24.8 Å². The maximum absolute atomic E-state index is 13.3. The van der Waals surface area contributed by atoms with Gasteiger partial charge in [0.05, 0.1) is 11.7 Å². The zero-order valence-electron chi connectivity index (χ0n) is 22.2. The van der Waals surface area contributed by atoms with Gasteiger partial charge in [0.25, 0.3) is 0 Å². The van der Waals surface area contributed by atoms with Crippen LogP contribution >= 0.6 is 0 Å². The summed E-state index contributed by atoms with van der Waals surface area (Å²) in [6.45, 7) is 6.34. The van der Waals surface area contributed by atoms with Crippen molar-refractivity contribution in [3.8, 4) is 5.75 Å². The fraction of sp³-hybridized carbons (Fsp3) is 0.536. The molecule has 214 valence electrons. The summed E-state index contributed by atoms with van der Waals surface area (Å²) in [5, 5.41) is 0. The first-order valence-corrected chi connectivity index (χ1v) is 14.8. The topological polar surface area (TPSA) is 76.2 Å². The molecule has 7 nitrogen and oxygen atoms in total. The summed E-state index contributed by atoms with van der Waals surface area (Å²) in [5.74, 6) is -0.0913. The van der Waals surface area contributed by atoms with E-state index in [0.717, 1.165) is 50.3 Å². The molecule has 1 atom stereocenters. The molecule has 1 aliphatic heterocycles. The number of anilines is 1. The van der Waals surface area contributed by atoms with Gasteiger partial charge < -0.3 is 18.7 Å². The predicted molar refractivity (Wildman–Crippen MR) is 141 cm³/mol. The highest BCUT2D eigenvalue weighted by Crippen LogP contribution is 2.35. The van der Waals surface area contributed by atoms with Crippen molar-refractivity contribution < 1.29 is 35.3 Å². The molecule has 2 aliphatic rings. The molecule has 1 heterocycles. The summed E-state index contributed by atoms with van der Waals surface area (Å²) in [6, 6.07) is 8.61. The van der Waals surface area contributed by atoms with Gasteiger partial charge in [0.1, 0.15) is 10.6 Å². The van der Waals surface area contributed by atoms with Crippen LogP contribution in [0.2, 0.25) is 0 Å². The van der Waals surface area contributed by atoms with Crippen molar-refractivity contribution in [3.63, 3.8) is 0 Å². The van der Waals surface area contributed by atoms with E-state index in [9.17, 15) is 26.4 Å². The Bertz CT molecular complexity index is 1250. The molecule has 2 aromatic carbocycles. The molecule has 1 saturated carbocycles. The van der Waals surface area contributed by atoms with Crippen LogP contribution in [0.1, 0.15) is 57.1 Å². The van der Waals surface area contributed by atoms with Crippen LogP contribution in [-0.2, 0) is 32.4 Å². The number of nitrogens with zero attached hydrogens (tertiary/aromatic N) is 2. The van der Waals surface area contributed by atoms with Crippen molar-refractivity contribution in [3.05, 3.63) is 53.6 Å². The molecule has 39 heavy (non-hydrogen) atoms. The monoisotopic (exact) mass is 568 g/mol. The van der Waals surface area contributed by atoms with Gasteiger partial charge in [0.15, 0.2) is 0 Å². The van der Waals surface area contributed by atoms with Crippen molar-refractivity contribution in [2.75, 3.05) is 31.1 Å². The zero-order chi connectivity index (χ0) is 28.2. The van der Waals surface area contributed by atoms with E-state index >= 15 is 0 Å². The number of carbonyl (C=O) groups is 1. The van der Waals surface area contributed by atoms with Gasteiger partial charge in [-0.1, -0.05) is 18.6 Å². The normalized spacial score (nSPS) is 18.0. The average Bonchev–Trinajstić information content (AvgIpc) is 3.37. The van der Waals surface area contributed by atoms with Gasteiger partial charge in [0, 0.05) is 56.0 Å². The van der Waals surface area contributed by atoms with Crippen LogP contribution in [0.15, 0.2) is 47.4 Å². The predicted octanol–water partition coefficient (Wildman–Crippen LogP) is 5.63. The summed E-state index contributed by atoms with van der Waals surface area (Å²) in [5.41, 5.74) is 0.0687. The largest absolute Gasteiger partial charge is 0.416 e. The summed E-state index contributed by atoms with van der Waals surface area (Å²) >= 11 is 0. The van der Waals surface area contributed by atoms with Crippen LogP contribution < -0.4 is 9.08 Å². The van der Waals surface area contributed by atoms with E-state index in [2.05, 4.69) is 0 Å². The zero-order valence-corrected chi connectivity index (χ0v) is 23.1. The first-order valence-electron chi connectivity index (χ1n) is 13.4. The molecule has 11 heteroatoms. The van der Waals surface area contributed by atoms with Gasteiger partial charge in [-0.25, -0.2) is 0 Å². The van der Waals surface area contributed by atoms with Crippen LogP contribution in [0.25, 0.3) is 0 Å². The molecule has 0 bridgehead atoms.